The zero-order chi connectivity index (χ0) is 50.7. The van der Waals surface area contributed by atoms with Gasteiger partial charge in [0.15, 0.2) is 6.10 Å². The van der Waals surface area contributed by atoms with Crippen LogP contribution in [0.5, 0.6) is 0 Å². The van der Waals surface area contributed by atoms with E-state index in [1.54, 1.807) is 0 Å². The summed E-state index contributed by atoms with van der Waals surface area (Å²) in [4.78, 5) is 38.1. The molecule has 0 aromatic carbocycles. The molecule has 0 spiro atoms. The minimum atomic E-state index is -0.816. The van der Waals surface area contributed by atoms with E-state index in [4.69, 9.17) is 14.2 Å². The van der Waals surface area contributed by atoms with E-state index >= 15 is 0 Å². The van der Waals surface area contributed by atoms with Crippen LogP contribution in [0.2, 0.25) is 0 Å². The molecule has 1 atom stereocenters. The molecule has 6 heteroatoms. The second-order valence-electron chi connectivity index (χ2n) is 18.5. The van der Waals surface area contributed by atoms with E-state index < -0.39 is 6.10 Å². The van der Waals surface area contributed by atoms with Crippen molar-refractivity contribution in [3.8, 4) is 0 Å². The molecule has 0 N–H and O–H groups in total. The summed E-state index contributed by atoms with van der Waals surface area (Å²) in [6.07, 6.45) is 79.0. The van der Waals surface area contributed by atoms with Crippen LogP contribution >= 0.6 is 0 Å². The average Bonchev–Trinajstić information content (AvgIpc) is 3.36. The van der Waals surface area contributed by atoms with Crippen LogP contribution in [-0.2, 0) is 28.6 Å². The number of esters is 3. The van der Waals surface area contributed by atoms with Gasteiger partial charge in [0.1, 0.15) is 13.2 Å². The third-order valence-corrected chi connectivity index (χ3v) is 11.7. The van der Waals surface area contributed by atoms with Crippen molar-refractivity contribution < 1.29 is 28.6 Å². The molecule has 0 saturated carbocycles. The molecule has 0 heterocycles. The van der Waals surface area contributed by atoms with Gasteiger partial charge in [0.05, 0.1) is 0 Å². The van der Waals surface area contributed by atoms with Gasteiger partial charge in [-0.15, -0.1) is 0 Å². The lowest BCUT2D eigenvalue weighted by atomic mass is 10.1. The number of carbonyl (C=O) groups excluding carboxylic acids is 3. The van der Waals surface area contributed by atoms with Gasteiger partial charge in [-0.3, -0.25) is 14.4 Å². The van der Waals surface area contributed by atoms with Crippen molar-refractivity contribution in [1.29, 1.82) is 0 Å². The Hall–Kier alpha value is -4.19. The van der Waals surface area contributed by atoms with Crippen molar-refractivity contribution >= 4 is 17.9 Å². The monoisotopic (exact) mass is 969 g/mol. The zero-order valence-electron chi connectivity index (χ0n) is 45.2. The van der Waals surface area contributed by atoms with Crippen molar-refractivity contribution in [2.45, 2.75) is 252 Å². The molecule has 0 amide bonds. The van der Waals surface area contributed by atoms with Gasteiger partial charge in [-0.2, -0.15) is 0 Å². The first kappa shape index (κ1) is 65.8. The maximum absolute atomic E-state index is 12.8. The lowest BCUT2D eigenvalue weighted by Gasteiger charge is -2.18. The number of carbonyl (C=O) groups is 3. The van der Waals surface area contributed by atoms with Crippen LogP contribution in [0.15, 0.2) is 122 Å². The van der Waals surface area contributed by atoms with E-state index in [0.29, 0.717) is 19.3 Å². The quantitative estimate of drug-likeness (QED) is 0.0262. The molecule has 0 aromatic heterocycles. The fourth-order valence-corrected chi connectivity index (χ4v) is 7.40. The van der Waals surface area contributed by atoms with E-state index in [9.17, 15) is 14.4 Å². The summed E-state index contributed by atoms with van der Waals surface area (Å²) >= 11 is 0. The van der Waals surface area contributed by atoms with Gasteiger partial charge in [-0.1, -0.05) is 219 Å². The largest absolute Gasteiger partial charge is 0.462 e. The first-order valence-electron chi connectivity index (χ1n) is 28.5. The SMILES string of the molecule is CC/C=C\C/C=C\C/C=C\C/C=C\C/C=C\C/C=C\C/C=C\CCCC(=O)OCC(COC(=O)CCCCCCC/C=C\CCCCCCC)OC(=O)CCCCCCC/C=C\C/C=C\CCCCC. The second-order valence-corrected chi connectivity index (χ2v) is 18.5. The molecule has 1 unspecified atom stereocenters. The summed E-state index contributed by atoms with van der Waals surface area (Å²) < 4.78 is 16.8. The molecule has 0 aromatic rings. The van der Waals surface area contributed by atoms with Gasteiger partial charge < -0.3 is 14.2 Å². The van der Waals surface area contributed by atoms with Crippen LogP contribution in [0.25, 0.3) is 0 Å². The first-order valence-corrected chi connectivity index (χ1v) is 28.5. The van der Waals surface area contributed by atoms with Gasteiger partial charge in [-0.05, 0) is 128 Å². The number of allylic oxidation sites excluding steroid dienone is 20. The smallest absolute Gasteiger partial charge is 0.306 e. The maximum atomic E-state index is 12.8. The van der Waals surface area contributed by atoms with Crippen molar-refractivity contribution in [3.05, 3.63) is 122 Å². The Labute approximate surface area is 431 Å². The van der Waals surface area contributed by atoms with Gasteiger partial charge in [0.2, 0.25) is 0 Å². The molecular weight excluding hydrogens is 865 g/mol. The van der Waals surface area contributed by atoms with Gasteiger partial charge in [-0.25, -0.2) is 0 Å². The second kappa shape index (κ2) is 57.4. The summed E-state index contributed by atoms with van der Waals surface area (Å²) in [5, 5.41) is 0. The minimum absolute atomic E-state index is 0.109. The number of unbranched alkanes of at least 4 members (excludes halogenated alkanes) is 19. The van der Waals surface area contributed by atoms with Crippen LogP contribution < -0.4 is 0 Å². The average molecular weight is 970 g/mol. The van der Waals surface area contributed by atoms with Gasteiger partial charge in [0, 0.05) is 19.3 Å². The highest BCUT2D eigenvalue weighted by molar-refractivity contribution is 5.71. The molecule has 0 bridgehead atoms. The molecule has 0 saturated heterocycles. The summed E-state index contributed by atoms with van der Waals surface area (Å²) in [7, 11) is 0. The molecule has 0 aliphatic carbocycles. The van der Waals surface area contributed by atoms with Crippen molar-refractivity contribution in [3.63, 3.8) is 0 Å². The minimum Gasteiger partial charge on any atom is -0.462 e. The normalized spacial score (nSPS) is 13.0. The summed E-state index contributed by atoms with van der Waals surface area (Å²) in [6, 6.07) is 0. The Balaban J connectivity index is 4.51. The van der Waals surface area contributed by atoms with Crippen molar-refractivity contribution in [1.82, 2.24) is 0 Å². The Morgan fingerprint density at radius 3 is 0.971 bits per heavy atom. The van der Waals surface area contributed by atoms with E-state index in [0.717, 1.165) is 128 Å². The maximum Gasteiger partial charge on any atom is 0.306 e. The third kappa shape index (κ3) is 54.7. The Morgan fingerprint density at radius 1 is 0.300 bits per heavy atom. The summed E-state index contributed by atoms with van der Waals surface area (Å²) in [5.74, 6) is -0.996. The van der Waals surface area contributed by atoms with Crippen LogP contribution in [0.1, 0.15) is 245 Å². The van der Waals surface area contributed by atoms with E-state index in [2.05, 4.69) is 142 Å². The Morgan fingerprint density at radius 2 is 0.571 bits per heavy atom. The Bertz CT molecular complexity index is 1490. The van der Waals surface area contributed by atoms with Crippen molar-refractivity contribution in [2.24, 2.45) is 0 Å². The number of rotatable bonds is 50. The lowest BCUT2D eigenvalue weighted by Crippen LogP contribution is -2.30. The highest BCUT2D eigenvalue weighted by Gasteiger charge is 2.19. The summed E-state index contributed by atoms with van der Waals surface area (Å²) in [6.45, 7) is 6.42. The molecule has 0 aliphatic rings. The molecule has 0 aliphatic heterocycles. The highest BCUT2D eigenvalue weighted by atomic mass is 16.6. The van der Waals surface area contributed by atoms with Crippen LogP contribution in [0.3, 0.4) is 0 Å². The van der Waals surface area contributed by atoms with E-state index in [-0.39, 0.29) is 37.5 Å². The van der Waals surface area contributed by atoms with Gasteiger partial charge in [0.25, 0.3) is 0 Å². The molecular formula is C64H104O6. The topological polar surface area (TPSA) is 78.9 Å². The molecule has 70 heavy (non-hydrogen) atoms. The van der Waals surface area contributed by atoms with E-state index in [1.165, 1.54) is 70.6 Å². The fraction of sp³-hybridized carbons (Fsp3) is 0.641. The number of hydrogen-bond donors (Lipinski definition) is 0. The zero-order valence-corrected chi connectivity index (χ0v) is 45.2. The fourth-order valence-electron chi connectivity index (χ4n) is 7.40. The molecule has 6 nitrogen and oxygen atoms in total. The standard InChI is InChI=1S/C64H104O6/c1-4-7-10-13-16-19-22-25-28-29-30-31-32-33-34-35-37-39-42-45-48-51-54-57-63(66)69-60-61(59-68-62(65)56-53-50-47-44-41-38-27-24-21-18-15-12-9-6-3)70-64(67)58-55-52-49-46-43-40-36-26-23-20-17-14-11-8-5-2/h7,10,16-17,19-20,24-28,30-31,33-34,36-37,39,45,48,61H,4-6,8-9,11-15,18,21-23,29,32,35,38,40-44,46-47,49-60H2,1-3H3/b10-7-,19-16-,20-17-,27-24-,28-25-,31-30-,34-33-,36-26-,39-37-,48-45-. The van der Waals surface area contributed by atoms with Gasteiger partial charge >= 0.3 is 17.9 Å². The van der Waals surface area contributed by atoms with E-state index in [1.807, 2.05) is 0 Å². The summed E-state index contributed by atoms with van der Waals surface area (Å²) in [5.41, 5.74) is 0. The predicted octanol–water partition coefficient (Wildman–Crippen LogP) is 19.3. The molecule has 0 fully saturated rings. The molecule has 396 valence electrons. The van der Waals surface area contributed by atoms with Crippen LogP contribution in [-0.4, -0.2) is 37.2 Å². The van der Waals surface area contributed by atoms with Crippen molar-refractivity contribution in [2.75, 3.05) is 13.2 Å². The molecule has 0 rings (SSSR count). The highest BCUT2D eigenvalue weighted by Crippen LogP contribution is 2.13. The molecule has 0 radical (unpaired) electrons. The first-order chi connectivity index (χ1) is 34.5. The Kier molecular flexibility index (Phi) is 54.0. The third-order valence-electron chi connectivity index (χ3n) is 11.7. The predicted molar refractivity (Wildman–Crippen MR) is 302 cm³/mol. The van der Waals surface area contributed by atoms with Crippen LogP contribution in [0.4, 0.5) is 0 Å². The lowest BCUT2D eigenvalue weighted by molar-refractivity contribution is -0.167. The number of ether oxygens (including phenoxy) is 3. The number of hydrogen-bond acceptors (Lipinski definition) is 6. The van der Waals surface area contributed by atoms with Crippen LogP contribution in [0, 0.1) is 0 Å².